The summed E-state index contributed by atoms with van der Waals surface area (Å²) < 4.78 is 0. The Morgan fingerprint density at radius 2 is 1.58 bits per heavy atom. The fraction of sp³-hybridized carbons (Fsp3) is 0.750. The van der Waals surface area contributed by atoms with E-state index in [1.54, 1.807) is 6.11 Å². The van der Waals surface area contributed by atoms with Gasteiger partial charge in [-0.15, -0.1) is 0 Å². The molecule has 0 aliphatic carbocycles. The lowest BCUT2D eigenvalue weighted by atomic mass is 10.1. The van der Waals surface area contributed by atoms with Crippen molar-refractivity contribution in [3.8, 4) is 12.0 Å². The molecule has 70 valence electrons. The van der Waals surface area contributed by atoms with Gasteiger partial charge in [0.2, 0.25) is 0 Å². The van der Waals surface area contributed by atoms with Crippen LogP contribution in [0.15, 0.2) is 0 Å². The lowest BCUT2D eigenvalue weighted by Gasteiger charge is -2.03. The molecule has 0 bridgehead atoms. The summed E-state index contributed by atoms with van der Waals surface area (Å²) in [5.41, 5.74) is 0. The molecule has 0 heterocycles. The molecule has 0 aromatic heterocycles. The topological polar surface area (TPSA) is 80.9 Å². The van der Waals surface area contributed by atoms with Gasteiger partial charge in [0, 0.05) is 0 Å². The Hall–Kier alpha value is -0.760. The molecule has 0 spiro atoms. The van der Waals surface area contributed by atoms with Crippen LogP contribution in [0.5, 0.6) is 0 Å². The average molecular weight is 174 g/mol. The molecule has 4 N–H and O–H groups in total. The highest BCUT2D eigenvalue weighted by molar-refractivity contribution is 4.97. The van der Waals surface area contributed by atoms with Gasteiger partial charge in [0.05, 0.1) is 0 Å². The van der Waals surface area contributed by atoms with Gasteiger partial charge in [0.25, 0.3) is 0 Å². The molecule has 0 saturated carbocycles. The summed E-state index contributed by atoms with van der Waals surface area (Å²) in [6.07, 6.45) is 1.57. The second-order valence-corrected chi connectivity index (χ2v) is 2.54. The largest absolute Gasteiger partial charge is 0.462 e. The van der Waals surface area contributed by atoms with E-state index >= 15 is 0 Å². The average Bonchev–Trinajstić information content (AvgIpc) is 1.98. The zero-order valence-electron chi connectivity index (χ0n) is 6.77. The molecule has 1 atom stereocenters. The lowest BCUT2D eigenvalue weighted by molar-refractivity contribution is -0.0468. The number of aliphatic hydroxyl groups is 4. The third kappa shape index (κ3) is 7.35. The Bertz CT molecular complexity index is 156. The molecule has 0 radical (unpaired) electrons. The third-order valence-corrected chi connectivity index (χ3v) is 1.42. The maximum atomic E-state index is 8.96. The van der Waals surface area contributed by atoms with Crippen LogP contribution in [0.25, 0.3) is 0 Å². The first-order chi connectivity index (χ1) is 5.66. The van der Waals surface area contributed by atoms with E-state index in [2.05, 4.69) is 5.92 Å². The molecule has 0 saturated heterocycles. The van der Waals surface area contributed by atoms with Gasteiger partial charge in [-0.2, -0.15) is 0 Å². The molecule has 0 aliphatic heterocycles. The quantitative estimate of drug-likeness (QED) is 0.258. The van der Waals surface area contributed by atoms with Crippen LogP contribution in [0.2, 0.25) is 0 Å². The van der Waals surface area contributed by atoms with Gasteiger partial charge in [0.1, 0.15) is 12.2 Å². The van der Waals surface area contributed by atoms with E-state index in [-0.39, 0.29) is 0 Å². The van der Waals surface area contributed by atoms with Crippen molar-refractivity contribution in [1.82, 2.24) is 0 Å². The third-order valence-electron chi connectivity index (χ3n) is 1.42. The van der Waals surface area contributed by atoms with E-state index in [0.717, 1.165) is 0 Å². The first-order valence-electron chi connectivity index (χ1n) is 3.85. The van der Waals surface area contributed by atoms with Crippen LogP contribution >= 0.6 is 0 Å². The number of aliphatic hydroxyl groups excluding tert-OH is 3. The molecular weight excluding hydrogens is 160 g/mol. The predicted octanol–water partition coefficient (Wildman–Crippen LogP) is -0.448. The minimum atomic E-state index is -1.27. The minimum Gasteiger partial charge on any atom is -0.462 e. The standard InChI is InChI=1S/C8H14O4/c9-6-5-7(10)3-1-2-4-8(11)12/h7-12H,1-4H2. The van der Waals surface area contributed by atoms with Gasteiger partial charge >= 0.3 is 0 Å². The number of hydrogen-bond acceptors (Lipinski definition) is 4. The van der Waals surface area contributed by atoms with Crippen LogP contribution in [0, 0.1) is 12.0 Å². The molecule has 4 nitrogen and oxygen atoms in total. The van der Waals surface area contributed by atoms with Crippen LogP contribution < -0.4 is 0 Å². The molecule has 4 heteroatoms. The van der Waals surface area contributed by atoms with Gasteiger partial charge < -0.3 is 20.4 Å². The summed E-state index contributed by atoms with van der Waals surface area (Å²) in [7, 11) is 0. The molecular formula is C8H14O4. The Balaban J connectivity index is 3.23. The van der Waals surface area contributed by atoms with Crippen molar-refractivity contribution in [1.29, 1.82) is 0 Å². The van der Waals surface area contributed by atoms with Crippen LogP contribution in [0.3, 0.4) is 0 Å². The first kappa shape index (κ1) is 11.2. The summed E-state index contributed by atoms with van der Waals surface area (Å²) in [6.45, 7) is 0. The van der Waals surface area contributed by atoms with Gasteiger partial charge in [-0.1, -0.05) is 0 Å². The highest BCUT2D eigenvalue weighted by Crippen LogP contribution is 2.04. The molecule has 0 rings (SSSR count). The van der Waals surface area contributed by atoms with E-state index in [0.29, 0.717) is 25.7 Å². The smallest absolute Gasteiger partial charge is 0.151 e. The van der Waals surface area contributed by atoms with Crippen molar-refractivity contribution in [2.75, 3.05) is 0 Å². The minimum absolute atomic E-state index is 0.305. The van der Waals surface area contributed by atoms with Crippen molar-refractivity contribution < 1.29 is 20.4 Å². The summed E-state index contributed by atoms with van der Waals surface area (Å²) >= 11 is 0. The first-order valence-corrected chi connectivity index (χ1v) is 3.85. The van der Waals surface area contributed by atoms with Crippen LogP contribution in [0.4, 0.5) is 0 Å². The van der Waals surface area contributed by atoms with E-state index < -0.39 is 12.4 Å². The Labute approximate surface area is 71.5 Å². The molecule has 0 aromatic carbocycles. The van der Waals surface area contributed by atoms with Crippen molar-refractivity contribution in [3.63, 3.8) is 0 Å². The zero-order chi connectivity index (χ0) is 9.40. The molecule has 0 amide bonds. The van der Waals surface area contributed by atoms with Crippen molar-refractivity contribution >= 4 is 0 Å². The molecule has 0 aliphatic rings. The van der Waals surface area contributed by atoms with Crippen molar-refractivity contribution in [3.05, 3.63) is 0 Å². The summed E-state index contributed by atoms with van der Waals surface area (Å²) in [6, 6.07) is 0. The fourth-order valence-corrected chi connectivity index (χ4v) is 0.811. The van der Waals surface area contributed by atoms with E-state index in [4.69, 9.17) is 20.4 Å². The van der Waals surface area contributed by atoms with Gasteiger partial charge in [-0.05, 0) is 31.6 Å². The van der Waals surface area contributed by atoms with Gasteiger partial charge in [-0.3, -0.25) is 0 Å². The number of unbranched alkanes of at least 4 members (excludes halogenated alkanes) is 1. The molecule has 0 fully saturated rings. The SMILES string of the molecule is OC#CC(O)CCCCC(O)O. The van der Waals surface area contributed by atoms with E-state index in [9.17, 15) is 0 Å². The van der Waals surface area contributed by atoms with Crippen LogP contribution in [-0.2, 0) is 0 Å². The second kappa shape index (κ2) is 6.92. The maximum Gasteiger partial charge on any atom is 0.151 e. The van der Waals surface area contributed by atoms with Crippen molar-refractivity contribution in [2.24, 2.45) is 0 Å². The summed E-state index contributed by atoms with van der Waals surface area (Å²) in [5.74, 6) is 2.17. The Kier molecular flexibility index (Phi) is 6.48. The zero-order valence-corrected chi connectivity index (χ0v) is 6.77. The van der Waals surface area contributed by atoms with Crippen LogP contribution in [0.1, 0.15) is 25.7 Å². The van der Waals surface area contributed by atoms with E-state index in [1.165, 1.54) is 0 Å². The number of hydrogen-bond donors (Lipinski definition) is 4. The maximum absolute atomic E-state index is 8.96. The summed E-state index contributed by atoms with van der Waals surface area (Å²) in [4.78, 5) is 0. The monoisotopic (exact) mass is 174 g/mol. The molecule has 0 aromatic rings. The lowest BCUT2D eigenvalue weighted by Crippen LogP contribution is -2.06. The summed E-state index contributed by atoms with van der Waals surface area (Å²) in [5, 5.41) is 33.9. The highest BCUT2D eigenvalue weighted by atomic mass is 16.5. The molecule has 1 unspecified atom stereocenters. The second-order valence-electron chi connectivity index (χ2n) is 2.54. The van der Waals surface area contributed by atoms with Crippen molar-refractivity contribution in [2.45, 2.75) is 38.1 Å². The highest BCUT2D eigenvalue weighted by Gasteiger charge is 2.01. The number of rotatable bonds is 5. The van der Waals surface area contributed by atoms with Crippen LogP contribution in [-0.4, -0.2) is 32.8 Å². The predicted molar refractivity (Wildman–Crippen MR) is 42.4 cm³/mol. The van der Waals surface area contributed by atoms with Gasteiger partial charge in [-0.25, -0.2) is 0 Å². The fourth-order valence-electron chi connectivity index (χ4n) is 0.811. The van der Waals surface area contributed by atoms with E-state index in [1.807, 2.05) is 0 Å². The Morgan fingerprint density at radius 3 is 2.08 bits per heavy atom. The van der Waals surface area contributed by atoms with Gasteiger partial charge in [0.15, 0.2) is 6.29 Å². The Morgan fingerprint density at radius 1 is 1.00 bits per heavy atom. The normalized spacial score (nSPS) is 12.3. The molecule has 12 heavy (non-hydrogen) atoms.